The highest BCUT2D eigenvalue weighted by atomic mass is 79.9. The van der Waals surface area contributed by atoms with E-state index < -0.39 is 0 Å². The molecule has 0 aliphatic rings. The molecule has 100 valence electrons. The van der Waals surface area contributed by atoms with Gasteiger partial charge in [0.1, 0.15) is 4.99 Å². The van der Waals surface area contributed by atoms with Crippen LogP contribution in [0.3, 0.4) is 0 Å². The van der Waals surface area contributed by atoms with E-state index in [1.807, 2.05) is 30.3 Å². The van der Waals surface area contributed by atoms with Gasteiger partial charge < -0.3 is 11.1 Å². The third kappa shape index (κ3) is 4.18. The van der Waals surface area contributed by atoms with Crippen LogP contribution >= 0.6 is 51.1 Å². The number of nitrogens with two attached hydrogens (primary N) is 1. The van der Waals surface area contributed by atoms with Gasteiger partial charge in [0.15, 0.2) is 0 Å². The molecule has 0 aliphatic heterocycles. The Bertz CT molecular complexity index is 598. The number of halogens is 2. The van der Waals surface area contributed by atoms with Crippen LogP contribution in [0.15, 0.2) is 34.8 Å². The highest BCUT2D eigenvalue weighted by Gasteiger charge is 2.06. The second-order valence-electron chi connectivity index (χ2n) is 3.94. The Kier molecular flexibility index (Phi) is 5.21. The van der Waals surface area contributed by atoms with Gasteiger partial charge in [-0.1, -0.05) is 39.7 Å². The Morgan fingerprint density at radius 3 is 2.79 bits per heavy atom. The van der Waals surface area contributed by atoms with Crippen LogP contribution in [0.5, 0.6) is 0 Å². The van der Waals surface area contributed by atoms with Crippen molar-refractivity contribution in [1.29, 1.82) is 0 Å². The van der Waals surface area contributed by atoms with Gasteiger partial charge in [-0.3, -0.25) is 0 Å². The van der Waals surface area contributed by atoms with Crippen LogP contribution in [0.25, 0.3) is 0 Å². The molecule has 0 radical (unpaired) electrons. The summed E-state index contributed by atoms with van der Waals surface area (Å²) in [4.78, 5) is 1.65. The Morgan fingerprint density at radius 2 is 2.16 bits per heavy atom. The maximum atomic E-state index is 5.90. The van der Waals surface area contributed by atoms with Crippen molar-refractivity contribution >= 4 is 61.8 Å². The van der Waals surface area contributed by atoms with Crippen LogP contribution < -0.4 is 11.1 Å². The van der Waals surface area contributed by atoms with Crippen molar-refractivity contribution in [2.75, 3.05) is 11.9 Å². The van der Waals surface area contributed by atoms with Gasteiger partial charge in [-0.25, -0.2) is 0 Å². The molecule has 0 bridgehead atoms. The van der Waals surface area contributed by atoms with E-state index in [4.69, 9.17) is 29.6 Å². The summed E-state index contributed by atoms with van der Waals surface area (Å²) in [6, 6.07) is 9.79. The molecule has 2 nitrogen and oxygen atoms in total. The van der Waals surface area contributed by atoms with Gasteiger partial charge in [0.25, 0.3) is 0 Å². The zero-order valence-corrected chi connectivity index (χ0v) is 13.9. The lowest BCUT2D eigenvalue weighted by Crippen LogP contribution is -2.14. The van der Waals surface area contributed by atoms with Gasteiger partial charge in [-0.05, 0) is 36.8 Å². The van der Waals surface area contributed by atoms with E-state index in [9.17, 15) is 0 Å². The SMILES string of the molecule is NC(=S)c1ccc(Br)cc1NCCc1ccc(Cl)s1. The van der Waals surface area contributed by atoms with Crippen LogP contribution in [0.4, 0.5) is 5.69 Å². The number of anilines is 1. The monoisotopic (exact) mass is 374 g/mol. The molecule has 6 heteroatoms. The van der Waals surface area contributed by atoms with Gasteiger partial charge in [-0.15, -0.1) is 11.3 Å². The zero-order chi connectivity index (χ0) is 13.8. The van der Waals surface area contributed by atoms with Crippen molar-refractivity contribution in [3.63, 3.8) is 0 Å². The highest BCUT2D eigenvalue weighted by Crippen LogP contribution is 2.23. The Balaban J connectivity index is 2.02. The van der Waals surface area contributed by atoms with Crippen LogP contribution in [0.1, 0.15) is 10.4 Å². The van der Waals surface area contributed by atoms with Crippen LogP contribution in [0, 0.1) is 0 Å². The molecule has 1 heterocycles. The van der Waals surface area contributed by atoms with E-state index in [1.54, 1.807) is 11.3 Å². The predicted octanol–water partition coefficient (Wildman–Crippen LogP) is 4.45. The predicted molar refractivity (Wildman–Crippen MR) is 91.6 cm³/mol. The number of thiocarbonyl (C=S) groups is 1. The molecule has 3 N–H and O–H groups in total. The van der Waals surface area contributed by atoms with E-state index in [0.29, 0.717) is 4.99 Å². The average molecular weight is 376 g/mol. The summed E-state index contributed by atoms with van der Waals surface area (Å²) >= 11 is 16.0. The molecule has 0 unspecified atom stereocenters. The first-order valence-electron chi connectivity index (χ1n) is 5.63. The molecule has 0 amide bonds. The number of hydrogen-bond acceptors (Lipinski definition) is 3. The first-order chi connectivity index (χ1) is 9.06. The number of nitrogens with one attached hydrogen (secondary N) is 1. The number of benzene rings is 1. The third-order valence-electron chi connectivity index (χ3n) is 2.56. The summed E-state index contributed by atoms with van der Waals surface area (Å²) in [7, 11) is 0. The summed E-state index contributed by atoms with van der Waals surface area (Å²) in [6.07, 6.45) is 0.917. The molecule has 1 aromatic carbocycles. The Hall–Kier alpha value is -0.620. The van der Waals surface area contributed by atoms with E-state index >= 15 is 0 Å². The van der Waals surface area contributed by atoms with Crippen LogP contribution in [0.2, 0.25) is 4.34 Å². The Morgan fingerprint density at radius 1 is 1.37 bits per heavy atom. The largest absolute Gasteiger partial charge is 0.389 e. The summed E-state index contributed by atoms with van der Waals surface area (Å²) in [5.41, 5.74) is 7.52. The van der Waals surface area contributed by atoms with Gasteiger partial charge in [-0.2, -0.15) is 0 Å². The summed E-state index contributed by atoms with van der Waals surface area (Å²) in [6.45, 7) is 0.808. The van der Waals surface area contributed by atoms with Crippen LogP contribution in [-0.4, -0.2) is 11.5 Å². The zero-order valence-electron chi connectivity index (χ0n) is 9.95. The minimum atomic E-state index is 0.397. The van der Waals surface area contributed by atoms with E-state index in [0.717, 1.165) is 33.0 Å². The molecule has 0 spiro atoms. The van der Waals surface area contributed by atoms with Crippen molar-refractivity contribution in [3.8, 4) is 0 Å². The quantitative estimate of drug-likeness (QED) is 0.758. The lowest BCUT2D eigenvalue weighted by Gasteiger charge is -2.11. The molecule has 0 saturated heterocycles. The van der Waals surface area contributed by atoms with Gasteiger partial charge in [0.05, 0.1) is 4.34 Å². The average Bonchev–Trinajstić information content (AvgIpc) is 2.75. The van der Waals surface area contributed by atoms with Crippen molar-refractivity contribution in [1.82, 2.24) is 0 Å². The Labute approximate surface area is 135 Å². The van der Waals surface area contributed by atoms with Crippen molar-refractivity contribution in [2.45, 2.75) is 6.42 Å². The molecule has 2 rings (SSSR count). The molecule has 2 aromatic rings. The molecular formula is C13H12BrClN2S2. The van der Waals surface area contributed by atoms with Crippen molar-refractivity contribution < 1.29 is 0 Å². The van der Waals surface area contributed by atoms with Crippen LogP contribution in [-0.2, 0) is 6.42 Å². The molecular weight excluding hydrogens is 364 g/mol. The van der Waals surface area contributed by atoms with Crippen molar-refractivity contribution in [3.05, 3.63) is 49.6 Å². The van der Waals surface area contributed by atoms with Gasteiger partial charge in [0, 0.05) is 27.1 Å². The topological polar surface area (TPSA) is 38.0 Å². The molecule has 0 aliphatic carbocycles. The first-order valence-corrected chi connectivity index (χ1v) is 8.03. The fourth-order valence-corrected chi connectivity index (χ4v) is 3.31. The standard InChI is InChI=1S/C13H12BrClN2S2/c14-8-1-3-10(13(16)18)11(7-8)17-6-5-9-2-4-12(15)19-9/h1-4,7,17H,5-6H2,(H2,16,18). The molecule has 0 saturated carbocycles. The first kappa shape index (κ1) is 14.8. The van der Waals surface area contributed by atoms with Gasteiger partial charge >= 0.3 is 0 Å². The van der Waals surface area contributed by atoms with Crippen molar-refractivity contribution in [2.24, 2.45) is 5.73 Å². The highest BCUT2D eigenvalue weighted by molar-refractivity contribution is 9.10. The van der Waals surface area contributed by atoms with E-state index in [2.05, 4.69) is 21.2 Å². The maximum absolute atomic E-state index is 5.90. The number of hydrogen-bond donors (Lipinski definition) is 2. The molecule has 0 fully saturated rings. The molecule has 1 aromatic heterocycles. The molecule has 19 heavy (non-hydrogen) atoms. The number of rotatable bonds is 5. The van der Waals surface area contributed by atoms with E-state index in [-0.39, 0.29) is 0 Å². The summed E-state index contributed by atoms with van der Waals surface area (Å²) in [5, 5.41) is 3.36. The lowest BCUT2D eigenvalue weighted by atomic mass is 10.1. The summed E-state index contributed by atoms with van der Waals surface area (Å²) in [5.74, 6) is 0. The van der Waals surface area contributed by atoms with E-state index in [1.165, 1.54) is 4.88 Å². The second-order valence-corrected chi connectivity index (χ2v) is 7.09. The van der Waals surface area contributed by atoms with Gasteiger partial charge in [0.2, 0.25) is 0 Å². The second kappa shape index (κ2) is 6.70. The maximum Gasteiger partial charge on any atom is 0.106 e. The normalized spacial score (nSPS) is 10.4. The number of thiophene rings is 1. The minimum absolute atomic E-state index is 0.397. The smallest absolute Gasteiger partial charge is 0.106 e. The third-order valence-corrected chi connectivity index (χ3v) is 4.57. The minimum Gasteiger partial charge on any atom is -0.389 e. The fraction of sp³-hybridized carbons (Fsp3) is 0.154. The molecule has 0 atom stereocenters. The lowest BCUT2D eigenvalue weighted by molar-refractivity contribution is 1.04. The summed E-state index contributed by atoms with van der Waals surface area (Å²) < 4.78 is 1.82. The fourth-order valence-electron chi connectivity index (χ4n) is 1.68.